The van der Waals surface area contributed by atoms with Gasteiger partial charge in [-0.15, -0.1) is 0 Å². The van der Waals surface area contributed by atoms with E-state index in [1.165, 1.54) is 25.7 Å². The standard InChI is InChI=1S/C10H21NO/c1-11(2)9-7-5-3-4-6-8-10(9)12/h9-10,12H,3-8H2,1-2H3/t9-,10-/m0/s1. The summed E-state index contributed by atoms with van der Waals surface area (Å²) in [6.07, 6.45) is 7.18. The quantitative estimate of drug-likeness (QED) is 0.648. The highest BCUT2D eigenvalue weighted by Crippen LogP contribution is 2.20. The Hall–Kier alpha value is -0.0800. The molecule has 0 aliphatic heterocycles. The number of hydrogen-bond acceptors (Lipinski definition) is 2. The van der Waals surface area contributed by atoms with Gasteiger partial charge in [-0.1, -0.05) is 25.7 Å². The largest absolute Gasteiger partial charge is 0.391 e. The molecule has 1 saturated carbocycles. The summed E-state index contributed by atoms with van der Waals surface area (Å²) in [5, 5.41) is 9.80. The first kappa shape index (κ1) is 10.0. The maximum atomic E-state index is 9.80. The second-order valence-electron chi connectivity index (χ2n) is 4.09. The van der Waals surface area contributed by atoms with Crippen molar-refractivity contribution in [3.8, 4) is 0 Å². The van der Waals surface area contributed by atoms with Gasteiger partial charge >= 0.3 is 0 Å². The third kappa shape index (κ3) is 2.76. The van der Waals surface area contributed by atoms with Gasteiger partial charge in [-0.2, -0.15) is 0 Å². The molecule has 72 valence electrons. The third-order valence-corrected chi connectivity index (χ3v) is 2.86. The van der Waals surface area contributed by atoms with E-state index in [0.29, 0.717) is 6.04 Å². The van der Waals surface area contributed by atoms with Gasteiger partial charge < -0.3 is 10.0 Å². The van der Waals surface area contributed by atoms with Gasteiger partial charge in [-0.05, 0) is 26.9 Å². The van der Waals surface area contributed by atoms with Gasteiger partial charge in [0.1, 0.15) is 0 Å². The molecule has 0 amide bonds. The number of likely N-dealkylation sites (N-methyl/N-ethyl adjacent to an activating group) is 1. The van der Waals surface area contributed by atoms with Crippen LogP contribution < -0.4 is 0 Å². The Morgan fingerprint density at radius 3 is 2.17 bits per heavy atom. The molecule has 1 fully saturated rings. The molecule has 0 spiro atoms. The van der Waals surface area contributed by atoms with Gasteiger partial charge in [0.25, 0.3) is 0 Å². The van der Waals surface area contributed by atoms with E-state index in [9.17, 15) is 5.11 Å². The topological polar surface area (TPSA) is 23.5 Å². The third-order valence-electron chi connectivity index (χ3n) is 2.86. The monoisotopic (exact) mass is 171 g/mol. The normalized spacial score (nSPS) is 33.0. The molecule has 1 aliphatic carbocycles. The number of rotatable bonds is 1. The molecule has 2 heteroatoms. The lowest BCUT2D eigenvalue weighted by Gasteiger charge is -2.30. The molecular formula is C10H21NO. The van der Waals surface area contributed by atoms with Crippen molar-refractivity contribution in [3.63, 3.8) is 0 Å². The Labute approximate surface area is 75.6 Å². The fourth-order valence-corrected chi connectivity index (χ4v) is 2.05. The van der Waals surface area contributed by atoms with Gasteiger partial charge in [0, 0.05) is 6.04 Å². The van der Waals surface area contributed by atoms with Crippen LogP contribution in [0.15, 0.2) is 0 Å². The van der Waals surface area contributed by atoms with E-state index in [-0.39, 0.29) is 6.10 Å². The Morgan fingerprint density at radius 2 is 1.58 bits per heavy atom. The Morgan fingerprint density at radius 1 is 1.00 bits per heavy atom. The molecule has 0 aromatic rings. The van der Waals surface area contributed by atoms with E-state index >= 15 is 0 Å². The van der Waals surface area contributed by atoms with Crippen LogP contribution in [0, 0.1) is 0 Å². The molecule has 0 saturated heterocycles. The van der Waals surface area contributed by atoms with Gasteiger partial charge in [0.15, 0.2) is 0 Å². The first-order valence-electron chi connectivity index (χ1n) is 5.06. The molecule has 0 unspecified atom stereocenters. The molecular weight excluding hydrogens is 150 g/mol. The van der Waals surface area contributed by atoms with E-state index in [1.54, 1.807) is 0 Å². The summed E-state index contributed by atoms with van der Waals surface area (Å²) >= 11 is 0. The van der Waals surface area contributed by atoms with Crippen LogP contribution in [0.2, 0.25) is 0 Å². The second kappa shape index (κ2) is 4.83. The summed E-state index contributed by atoms with van der Waals surface area (Å²) in [5.74, 6) is 0. The van der Waals surface area contributed by atoms with Crippen LogP contribution in [-0.4, -0.2) is 36.2 Å². The molecule has 0 heterocycles. The molecule has 1 aliphatic rings. The number of aliphatic hydroxyl groups is 1. The van der Waals surface area contributed by atoms with Gasteiger partial charge in [0.05, 0.1) is 6.10 Å². The van der Waals surface area contributed by atoms with Crippen molar-refractivity contribution in [2.24, 2.45) is 0 Å². The molecule has 0 bridgehead atoms. The molecule has 0 aromatic carbocycles. The first-order chi connectivity index (χ1) is 5.72. The SMILES string of the molecule is CN(C)[C@H]1CCCCCC[C@@H]1O. The predicted molar refractivity (Wildman–Crippen MR) is 51.2 cm³/mol. The minimum Gasteiger partial charge on any atom is -0.391 e. The maximum Gasteiger partial charge on any atom is 0.0695 e. The van der Waals surface area contributed by atoms with Crippen LogP contribution in [-0.2, 0) is 0 Å². The smallest absolute Gasteiger partial charge is 0.0695 e. The van der Waals surface area contributed by atoms with Crippen molar-refractivity contribution in [3.05, 3.63) is 0 Å². The van der Waals surface area contributed by atoms with Crippen LogP contribution in [0.3, 0.4) is 0 Å². The number of hydrogen-bond donors (Lipinski definition) is 1. The van der Waals surface area contributed by atoms with E-state index in [1.807, 2.05) is 0 Å². The van der Waals surface area contributed by atoms with Crippen LogP contribution in [0.1, 0.15) is 38.5 Å². The zero-order valence-electron chi connectivity index (χ0n) is 8.29. The fraction of sp³-hybridized carbons (Fsp3) is 1.00. The van der Waals surface area contributed by atoms with Crippen LogP contribution >= 0.6 is 0 Å². The Bertz CT molecular complexity index is 125. The molecule has 1 rings (SSSR count). The van der Waals surface area contributed by atoms with Gasteiger partial charge in [-0.25, -0.2) is 0 Å². The second-order valence-corrected chi connectivity index (χ2v) is 4.09. The lowest BCUT2D eigenvalue weighted by atomic mass is 9.94. The van der Waals surface area contributed by atoms with E-state index < -0.39 is 0 Å². The highest BCUT2D eigenvalue weighted by Gasteiger charge is 2.21. The summed E-state index contributed by atoms with van der Waals surface area (Å²) in [6, 6.07) is 0.394. The Kier molecular flexibility index (Phi) is 4.02. The van der Waals surface area contributed by atoms with E-state index in [0.717, 1.165) is 12.8 Å². The number of aliphatic hydroxyl groups excluding tert-OH is 1. The first-order valence-corrected chi connectivity index (χ1v) is 5.06. The predicted octanol–water partition coefficient (Wildman–Crippen LogP) is 1.63. The van der Waals surface area contributed by atoms with Crippen molar-refractivity contribution in [1.82, 2.24) is 4.90 Å². The fourth-order valence-electron chi connectivity index (χ4n) is 2.05. The highest BCUT2D eigenvalue weighted by atomic mass is 16.3. The molecule has 2 atom stereocenters. The maximum absolute atomic E-state index is 9.80. The van der Waals surface area contributed by atoms with Crippen molar-refractivity contribution >= 4 is 0 Å². The lowest BCUT2D eigenvalue weighted by Crippen LogP contribution is -2.39. The average Bonchev–Trinajstić information content (AvgIpc) is 1.96. The molecule has 0 aromatic heterocycles. The van der Waals surface area contributed by atoms with E-state index in [2.05, 4.69) is 19.0 Å². The summed E-state index contributed by atoms with van der Waals surface area (Å²) in [5.41, 5.74) is 0. The zero-order chi connectivity index (χ0) is 8.97. The van der Waals surface area contributed by atoms with Crippen molar-refractivity contribution in [1.29, 1.82) is 0 Å². The van der Waals surface area contributed by atoms with Gasteiger partial charge in [-0.3, -0.25) is 0 Å². The molecule has 1 N–H and O–H groups in total. The minimum absolute atomic E-state index is 0.0969. The molecule has 12 heavy (non-hydrogen) atoms. The Balaban J connectivity index is 2.43. The van der Waals surface area contributed by atoms with Crippen molar-refractivity contribution in [2.45, 2.75) is 50.7 Å². The van der Waals surface area contributed by atoms with Crippen LogP contribution in [0.25, 0.3) is 0 Å². The van der Waals surface area contributed by atoms with Crippen LogP contribution in [0.4, 0.5) is 0 Å². The average molecular weight is 171 g/mol. The summed E-state index contributed by atoms with van der Waals surface area (Å²) in [7, 11) is 4.13. The zero-order valence-corrected chi connectivity index (χ0v) is 8.29. The summed E-state index contributed by atoms with van der Waals surface area (Å²) < 4.78 is 0. The summed E-state index contributed by atoms with van der Waals surface area (Å²) in [4.78, 5) is 2.16. The molecule has 0 radical (unpaired) electrons. The van der Waals surface area contributed by atoms with Crippen molar-refractivity contribution < 1.29 is 5.11 Å². The minimum atomic E-state index is -0.0969. The lowest BCUT2D eigenvalue weighted by molar-refractivity contribution is 0.0559. The van der Waals surface area contributed by atoms with Crippen LogP contribution in [0.5, 0.6) is 0 Å². The highest BCUT2D eigenvalue weighted by molar-refractivity contribution is 4.77. The van der Waals surface area contributed by atoms with Crippen molar-refractivity contribution in [2.75, 3.05) is 14.1 Å². The summed E-state index contributed by atoms with van der Waals surface area (Å²) in [6.45, 7) is 0. The molecule has 2 nitrogen and oxygen atoms in total. The number of nitrogens with zero attached hydrogens (tertiary/aromatic N) is 1. The van der Waals surface area contributed by atoms with Gasteiger partial charge in [0.2, 0.25) is 0 Å². The van der Waals surface area contributed by atoms with E-state index in [4.69, 9.17) is 0 Å².